The zero-order valence-electron chi connectivity index (χ0n) is 20.9. The Morgan fingerprint density at radius 2 is 1.83 bits per heavy atom. The third-order valence-corrected chi connectivity index (χ3v) is 7.17. The second-order valence-electron chi connectivity index (χ2n) is 10.0. The number of fused-ring (bicyclic) bond motifs is 1. The zero-order chi connectivity index (χ0) is 24.9. The molecule has 3 heterocycles. The van der Waals surface area contributed by atoms with E-state index in [1.807, 2.05) is 49.4 Å². The summed E-state index contributed by atoms with van der Waals surface area (Å²) in [5.41, 5.74) is 2.02. The molecule has 0 bridgehead atoms. The summed E-state index contributed by atoms with van der Waals surface area (Å²) < 4.78 is 11.6. The number of aryl methyl sites for hydroxylation is 1. The van der Waals surface area contributed by atoms with Crippen LogP contribution < -0.4 is 14.8 Å². The van der Waals surface area contributed by atoms with Gasteiger partial charge < -0.3 is 29.8 Å². The number of β-amino-alcohol motifs (C(OH)–C–C–N with tert-alkyl or cyclic N) is 1. The van der Waals surface area contributed by atoms with Crippen molar-refractivity contribution in [3.05, 3.63) is 54.1 Å². The second kappa shape index (κ2) is 11.3. The van der Waals surface area contributed by atoms with E-state index in [1.54, 1.807) is 6.07 Å². The third-order valence-electron chi connectivity index (χ3n) is 7.17. The molecule has 1 atom stereocenters. The number of aromatic nitrogens is 1. The molecule has 2 aromatic carbocycles. The molecule has 1 aromatic heterocycles. The van der Waals surface area contributed by atoms with E-state index in [-0.39, 0.29) is 12.1 Å². The molecule has 3 aromatic rings. The van der Waals surface area contributed by atoms with Crippen molar-refractivity contribution >= 4 is 17.0 Å². The monoisotopic (exact) mass is 492 g/mol. The average molecular weight is 493 g/mol. The summed E-state index contributed by atoms with van der Waals surface area (Å²) in [7, 11) is 0. The van der Waals surface area contributed by atoms with E-state index in [4.69, 9.17) is 9.47 Å². The molecule has 2 aliphatic heterocycles. The van der Waals surface area contributed by atoms with E-state index in [2.05, 4.69) is 20.1 Å². The molecular formula is C28H36N4O4. The van der Waals surface area contributed by atoms with Crippen LogP contribution in [0.2, 0.25) is 0 Å². The minimum Gasteiger partial charge on any atom is -0.457 e. The van der Waals surface area contributed by atoms with Crippen LogP contribution in [0.3, 0.4) is 0 Å². The molecule has 3 N–H and O–H groups in total. The van der Waals surface area contributed by atoms with Gasteiger partial charge in [0, 0.05) is 50.2 Å². The van der Waals surface area contributed by atoms with Crippen molar-refractivity contribution in [2.75, 3.05) is 39.3 Å². The Labute approximate surface area is 212 Å². The summed E-state index contributed by atoms with van der Waals surface area (Å²) in [6.45, 7) is 7.81. The predicted octanol–water partition coefficient (Wildman–Crippen LogP) is 4.28. The number of nitrogens with zero attached hydrogens (tertiary/aromatic N) is 2. The Hall–Kier alpha value is -3.07. The van der Waals surface area contributed by atoms with E-state index < -0.39 is 6.09 Å². The maximum atomic E-state index is 12.6. The fourth-order valence-corrected chi connectivity index (χ4v) is 5.09. The van der Waals surface area contributed by atoms with E-state index >= 15 is 0 Å². The summed E-state index contributed by atoms with van der Waals surface area (Å²) in [5, 5.41) is 13.7. The van der Waals surface area contributed by atoms with E-state index in [0.29, 0.717) is 11.6 Å². The number of likely N-dealkylation sites (tertiary alicyclic amines) is 2. The first kappa shape index (κ1) is 24.6. The second-order valence-corrected chi connectivity index (χ2v) is 10.0. The summed E-state index contributed by atoms with van der Waals surface area (Å²) in [4.78, 5) is 20.5. The lowest BCUT2D eigenvalue weighted by Crippen LogP contribution is -2.48. The minimum absolute atomic E-state index is 0.107. The number of ether oxygens (including phenoxy) is 2. The normalized spacial score (nSPS) is 19.9. The molecule has 0 saturated carbocycles. The molecule has 192 valence electrons. The number of carbonyl (C=O) groups excluding carboxylic acids is 1. The van der Waals surface area contributed by atoms with Gasteiger partial charge in [-0.05, 0) is 63.4 Å². The van der Waals surface area contributed by atoms with Crippen molar-refractivity contribution in [2.24, 2.45) is 0 Å². The van der Waals surface area contributed by atoms with Crippen LogP contribution in [0.15, 0.2) is 48.5 Å². The lowest BCUT2D eigenvalue weighted by Gasteiger charge is -2.35. The number of hydrogen-bond donors (Lipinski definition) is 3. The fourth-order valence-electron chi connectivity index (χ4n) is 5.09. The van der Waals surface area contributed by atoms with Gasteiger partial charge in [0.05, 0.1) is 11.6 Å². The Morgan fingerprint density at radius 3 is 2.61 bits per heavy atom. The van der Waals surface area contributed by atoms with E-state index in [1.165, 1.54) is 5.56 Å². The number of aliphatic hydroxyl groups is 1. The smallest absolute Gasteiger partial charge is 0.414 e. The SMILES string of the molecule is Cc1ccc(Oc2cccc3[nH]c(OC(=O)NC4CCN(CCN5CCCC(O)C5)CC4)cc23)cc1. The van der Waals surface area contributed by atoms with Crippen molar-refractivity contribution < 1.29 is 19.4 Å². The number of benzene rings is 2. The topological polar surface area (TPSA) is 90.1 Å². The minimum atomic E-state index is -0.441. The Bertz CT molecular complexity index is 1150. The number of aromatic amines is 1. The summed E-state index contributed by atoms with van der Waals surface area (Å²) >= 11 is 0. The van der Waals surface area contributed by atoms with Gasteiger partial charge >= 0.3 is 6.09 Å². The largest absolute Gasteiger partial charge is 0.457 e. The van der Waals surface area contributed by atoms with Crippen LogP contribution in [0.1, 0.15) is 31.2 Å². The zero-order valence-corrected chi connectivity index (χ0v) is 20.9. The number of H-pyrrole nitrogens is 1. The van der Waals surface area contributed by atoms with Gasteiger partial charge in [0.15, 0.2) is 0 Å². The van der Waals surface area contributed by atoms with Crippen LogP contribution in [0.25, 0.3) is 10.9 Å². The van der Waals surface area contributed by atoms with Crippen LogP contribution >= 0.6 is 0 Å². The van der Waals surface area contributed by atoms with Gasteiger partial charge in [0.1, 0.15) is 11.5 Å². The van der Waals surface area contributed by atoms with E-state index in [0.717, 1.165) is 81.6 Å². The highest BCUT2D eigenvalue weighted by atomic mass is 16.6. The number of piperidine rings is 2. The number of rotatable bonds is 7. The van der Waals surface area contributed by atoms with Gasteiger partial charge in [-0.2, -0.15) is 0 Å². The molecule has 2 aliphatic rings. The Morgan fingerprint density at radius 1 is 1.06 bits per heavy atom. The van der Waals surface area contributed by atoms with Crippen molar-refractivity contribution in [3.8, 4) is 17.4 Å². The van der Waals surface area contributed by atoms with Crippen molar-refractivity contribution in [1.82, 2.24) is 20.1 Å². The average Bonchev–Trinajstić information content (AvgIpc) is 3.28. The molecule has 0 spiro atoms. The van der Waals surface area contributed by atoms with E-state index in [9.17, 15) is 9.90 Å². The number of hydrogen-bond acceptors (Lipinski definition) is 6. The van der Waals surface area contributed by atoms with Gasteiger partial charge in [0.25, 0.3) is 0 Å². The van der Waals surface area contributed by atoms with Gasteiger partial charge in [0.2, 0.25) is 5.88 Å². The van der Waals surface area contributed by atoms with Crippen LogP contribution in [0.5, 0.6) is 17.4 Å². The molecule has 8 nitrogen and oxygen atoms in total. The molecule has 0 radical (unpaired) electrons. The molecule has 2 saturated heterocycles. The van der Waals surface area contributed by atoms with Crippen molar-refractivity contribution in [2.45, 2.75) is 44.8 Å². The Balaban J connectivity index is 1.10. The highest BCUT2D eigenvalue weighted by Crippen LogP contribution is 2.32. The van der Waals surface area contributed by atoms with Crippen LogP contribution in [0, 0.1) is 6.92 Å². The van der Waals surface area contributed by atoms with Gasteiger partial charge in [-0.15, -0.1) is 0 Å². The van der Waals surface area contributed by atoms with Crippen molar-refractivity contribution in [3.63, 3.8) is 0 Å². The third kappa shape index (κ3) is 6.37. The molecule has 1 unspecified atom stereocenters. The van der Waals surface area contributed by atoms with Gasteiger partial charge in [-0.25, -0.2) is 4.79 Å². The number of aliphatic hydroxyl groups excluding tert-OH is 1. The fraction of sp³-hybridized carbons (Fsp3) is 0.464. The summed E-state index contributed by atoms with van der Waals surface area (Å²) in [6, 6.07) is 15.6. The highest BCUT2D eigenvalue weighted by molar-refractivity contribution is 5.88. The van der Waals surface area contributed by atoms with Crippen molar-refractivity contribution in [1.29, 1.82) is 0 Å². The first-order valence-corrected chi connectivity index (χ1v) is 13.0. The molecule has 0 aliphatic carbocycles. The first-order valence-electron chi connectivity index (χ1n) is 13.0. The van der Waals surface area contributed by atoms with Gasteiger partial charge in [-0.1, -0.05) is 23.8 Å². The Kier molecular flexibility index (Phi) is 7.75. The lowest BCUT2D eigenvalue weighted by molar-refractivity contribution is 0.0620. The van der Waals surface area contributed by atoms with Crippen LogP contribution in [-0.4, -0.2) is 77.4 Å². The maximum Gasteiger partial charge on any atom is 0.414 e. The highest BCUT2D eigenvalue weighted by Gasteiger charge is 2.23. The van der Waals surface area contributed by atoms with Crippen LogP contribution in [0.4, 0.5) is 4.79 Å². The number of amides is 1. The maximum absolute atomic E-state index is 12.6. The number of carbonyl (C=O) groups is 1. The summed E-state index contributed by atoms with van der Waals surface area (Å²) in [5.74, 6) is 1.85. The molecular weight excluding hydrogens is 456 g/mol. The molecule has 1 amide bonds. The number of nitrogens with one attached hydrogen (secondary N) is 2. The molecule has 8 heteroatoms. The first-order chi connectivity index (χ1) is 17.5. The predicted molar refractivity (Wildman–Crippen MR) is 140 cm³/mol. The standard InChI is InChI=1S/C28H36N4O4/c1-20-7-9-23(10-8-20)35-26-6-2-5-25-24(26)18-27(30-25)36-28(34)29-21-11-14-31(15-12-21)16-17-32-13-3-4-22(33)19-32/h2,5-10,18,21-22,30,33H,3-4,11-17,19H2,1H3,(H,29,34). The molecule has 2 fully saturated rings. The lowest BCUT2D eigenvalue weighted by atomic mass is 10.1. The molecule has 36 heavy (non-hydrogen) atoms. The summed E-state index contributed by atoms with van der Waals surface area (Å²) in [6.07, 6.45) is 3.18. The molecule has 5 rings (SSSR count). The van der Waals surface area contributed by atoms with Gasteiger partial charge in [-0.3, -0.25) is 4.90 Å². The van der Waals surface area contributed by atoms with Crippen LogP contribution in [-0.2, 0) is 0 Å². The quantitative estimate of drug-likeness (QED) is 0.456.